The lowest BCUT2D eigenvalue weighted by molar-refractivity contribution is 0.0312. The zero-order chi connectivity index (χ0) is 25.6. The van der Waals surface area contributed by atoms with Crippen LogP contribution in [0.1, 0.15) is 45.5 Å². The van der Waals surface area contributed by atoms with E-state index in [1.165, 1.54) is 6.07 Å². The molecular weight excluding hydrogens is 520 g/mol. The third kappa shape index (κ3) is 3.69. The number of β-amino-alcohol motifs (C(OH)–C–C–N with tert-alkyl or cyclic N) is 1. The molecule has 1 fully saturated rings. The normalized spacial score (nSPS) is 16.0. The van der Waals surface area contributed by atoms with Crippen molar-refractivity contribution in [2.24, 2.45) is 14.1 Å². The number of rotatable bonds is 3. The summed E-state index contributed by atoms with van der Waals surface area (Å²) in [6.45, 7) is 8.70. The first kappa shape index (κ1) is 24.0. The number of hydrogen-bond donors (Lipinski definition) is 1. The SMILES string of the molecule is Cn1c(=O)n(C)c2c(N3CC(C)(O)C3)cc(-n3c(C(C)(C)C)nc4cc(Br)c(C(F)F)cc43)cc21. The summed E-state index contributed by atoms with van der Waals surface area (Å²) in [7, 11) is 3.44. The van der Waals surface area contributed by atoms with E-state index in [4.69, 9.17) is 4.98 Å². The van der Waals surface area contributed by atoms with Crippen molar-refractivity contribution >= 4 is 43.7 Å². The van der Waals surface area contributed by atoms with Crippen molar-refractivity contribution in [1.29, 1.82) is 0 Å². The molecule has 0 saturated carbocycles. The molecule has 0 radical (unpaired) electrons. The topological polar surface area (TPSA) is 68.2 Å². The third-order valence-corrected chi connectivity index (χ3v) is 7.35. The Kier molecular flexibility index (Phi) is 5.24. The highest BCUT2D eigenvalue weighted by Crippen LogP contribution is 2.39. The molecule has 186 valence electrons. The van der Waals surface area contributed by atoms with E-state index in [1.54, 1.807) is 36.2 Å². The van der Waals surface area contributed by atoms with Crippen molar-refractivity contribution in [3.05, 3.63) is 50.6 Å². The van der Waals surface area contributed by atoms with Gasteiger partial charge in [-0.3, -0.25) is 13.7 Å². The van der Waals surface area contributed by atoms with Gasteiger partial charge in [0.25, 0.3) is 6.43 Å². The monoisotopic (exact) mass is 547 g/mol. The van der Waals surface area contributed by atoms with Crippen LogP contribution in [-0.4, -0.2) is 42.5 Å². The van der Waals surface area contributed by atoms with Crippen LogP contribution in [0.5, 0.6) is 0 Å². The largest absolute Gasteiger partial charge is 0.386 e. The van der Waals surface area contributed by atoms with Gasteiger partial charge in [-0.15, -0.1) is 0 Å². The number of aliphatic hydroxyl groups is 1. The minimum absolute atomic E-state index is 0.105. The molecule has 35 heavy (non-hydrogen) atoms. The molecule has 10 heteroatoms. The second-order valence-electron chi connectivity index (χ2n) is 10.8. The number of hydrogen-bond acceptors (Lipinski definition) is 4. The highest BCUT2D eigenvalue weighted by atomic mass is 79.9. The number of nitrogens with zero attached hydrogens (tertiary/aromatic N) is 5. The summed E-state index contributed by atoms with van der Waals surface area (Å²) in [6.07, 6.45) is -2.65. The number of halogens is 3. The summed E-state index contributed by atoms with van der Waals surface area (Å²) in [6, 6.07) is 6.97. The van der Waals surface area contributed by atoms with Gasteiger partial charge in [-0.05, 0) is 31.2 Å². The third-order valence-electron chi connectivity index (χ3n) is 6.67. The second kappa shape index (κ2) is 7.64. The number of imidazole rings is 2. The maximum Gasteiger partial charge on any atom is 0.328 e. The molecule has 0 atom stereocenters. The average Bonchev–Trinajstić information content (AvgIpc) is 3.21. The van der Waals surface area contributed by atoms with Gasteiger partial charge >= 0.3 is 5.69 Å². The first-order chi connectivity index (χ1) is 16.2. The fourth-order valence-electron chi connectivity index (χ4n) is 4.98. The van der Waals surface area contributed by atoms with Crippen LogP contribution < -0.4 is 10.6 Å². The molecule has 7 nitrogen and oxygen atoms in total. The maximum absolute atomic E-state index is 13.8. The molecule has 1 N–H and O–H groups in total. The average molecular weight is 548 g/mol. The number of anilines is 1. The lowest BCUT2D eigenvalue weighted by atomic mass is 9.95. The summed E-state index contributed by atoms with van der Waals surface area (Å²) >= 11 is 3.27. The standard InChI is InChI=1S/C25H28BrF2N5O2/c1-24(2,3)22-29-16-10-15(26)14(21(27)28)9-17(16)33(22)13-7-18-20(31(6)23(34)30(18)5)19(8-13)32-11-25(4,35)12-32/h7-10,21,35H,11-12H2,1-6H3. The van der Waals surface area contributed by atoms with Crippen molar-refractivity contribution < 1.29 is 13.9 Å². The molecule has 0 aliphatic carbocycles. The van der Waals surface area contributed by atoms with E-state index in [0.29, 0.717) is 39.9 Å². The van der Waals surface area contributed by atoms with Gasteiger partial charge in [0.15, 0.2) is 0 Å². The highest BCUT2D eigenvalue weighted by Gasteiger charge is 2.38. The fourth-order valence-corrected chi connectivity index (χ4v) is 5.48. The number of alkyl halides is 2. The van der Waals surface area contributed by atoms with Crippen molar-refractivity contribution in [3.8, 4) is 5.69 Å². The Morgan fingerprint density at radius 2 is 1.74 bits per heavy atom. The molecule has 2 aromatic carbocycles. The van der Waals surface area contributed by atoms with Gasteiger partial charge in [0.2, 0.25) is 0 Å². The maximum atomic E-state index is 13.8. The quantitative estimate of drug-likeness (QED) is 0.400. The summed E-state index contributed by atoms with van der Waals surface area (Å²) in [5.41, 5.74) is 2.68. The minimum Gasteiger partial charge on any atom is -0.386 e. The van der Waals surface area contributed by atoms with Gasteiger partial charge in [-0.1, -0.05) is 36.7 Å². The second-order valence-corrected chi connectivity index (χ2v) is 11.6. The summed E-state index contributed by atoms with van der Waals surface area (Å²) in [5.74, 6) is 0.715. The molecule has 1 aliphatic rings. The van der Waals surface area contributed by atoms with E-state index >= 15 is 0 Å². The lowest BCUT2D eigenvalue weighted by Crippen LogP contribution is -2.60. The first-order valence-corrected chi connectivity index (χ1v) is 12.2. The van der Waals surface area contributed by atoms with Crippen LogP contribution in [0.4, 0.5) is 14.5 Å². The molecule has 4 aromatic rings. The van der Waals surface area contributed by atoms with Gasteiger partial charge in [-0.2, -0.15) is 0 Å². The van der Waals surface area contributed by atoms with E-state index in [-0.39, 0.29) is 11.3 Å². The van der Waals surface area contributed by atoms with E-state index in [2.05, 4.69) is 15.9 Å². The van der Waals surface area contributed by atoms with Gasteiger partial charge in [0.05, 0.1) is 39.0 Å². The molecular formula is C25H28BrF2N5O2. The Labute approximate surface area is 209 Å². The zero-order valence-electron chi connectivity index (χ0n) is 20.5. The van der Waals surface area contributed by atoms with Crippen molar-refractivity contribution in [1.82, 2.24) is 18.7 Å². The number of aromatic nitrogens is 4. The molecule has 0 amide bonds. The number of fused-ring (bicyclic) bond motifs is 2. The molecule has 0 spiro atoms. The van der Waals surface area contributed by atoms with Crippen LogP contribution in [0.15, 0.2) is 33.5 Å². The lowest BCUT2D eigenvalue weighted by Gasteiger charge is -2.46. The van der Waals surface area contributed by atoms with Crippen molar-refractivity contribution in [2.45, 2.75) is 45.1 Å². The zero-order valence-corrected chi connectivity index (χ0v) is 22.1. The van der Waals surface area contributed by atoms with Crippen LogP contribution in [0, 0.1) is 0 Å². The summed E-state index contributed by atoms with van der Waals surface area (Å²) < 4.78 is 33.0. The smallest absolute Gasteiger partial charge is 0.328 e. The Morgan fingerprint density at radius 3 is 2.31 bits per heavy atom. The van der Waals surface area contributed by atoms with Crippen LogP contribution in [0.3, 0.4) is 0 Å². The van der Waals surface area contributed by atoms with Gasteiger partial charge in [0, 0.05) is 42.6 Å². The predicted octanol–water partition coefficient (Wildman–Crippen LogP) is 4.78. The predicted molar refractivity (Wildman–Crippen MR) is 137 cm³/mol. The first-order valence-electron chi connectivity index (χ1n) is 11.4. The van der Waals surface area contributed by atoms with Crippen LogP contribution in [-0.2, 0) is 19.5 Å². The number of aryl methyl sites for hydroxylation is 2. The highest BCUT2D eigenvalue weighted by molar-refractivity contribution is 9.10. The van der Waals surface area contributed by atoms with Crippen LogP contribution >= 0.6 is 15.9 Å². The van der Waals surface area contributed by atoms with Crippen LogP contribution in [0.2, 0.25) is 0 Å². The molecule has 5 rings (SSSR count). The summed E-state index contributed by atoms with van der Waals surface area (Å²) in [4.78, 5) is 19.7. The molecule has 1 saturated heterocycles. The van der Waals surface area contributed by atoms with Gasteiger partial charge in [-0.25, -0.2) is 18.6 Å². The Morgan fingerprint density at radius 1 is 1.09 bits per heavy atom. The molecule has 0 unspecified atom stereocenters. The van der Waals surface area contributed by atoms with Gasteiger partial charge < -0.3 is 10.0 Å². The van der Waals surface area contributed by atoms with E-state index < -0.39 is 17.4 Å². The van der Waals surface area contributed by atoms with E-state index in [9.17, 15) is 18.7 Å². The van der Waals surface area contributed by atoms with Gasteiger partial charge in [0.1, 0.15) is 5.82 Å². The molecule has 2 aromatic heterocycles. The van der Waals surface area contributed by atoms with Crippen molar-refractivity contribution in [2.75, 3.05) is 18.0 Å². The Bertz CT molecular complexity index is 1550. The Balaban J connectivity index is 1.87. The van der Waals surface area contributed by atoms with Crippen molar-refractivity contribution in [3.63, 3.8) is 0 Å². The number of benzene rings is 2. The Hall–Kier alpha value is -2.72. The van der Waals surface area contributed by atoms with E-state index in [0.717, 1.165) is 16.9 Å². The molecule has 3 heterocycles. The summed E-state index contributed by atoms with van der Waals surface area (Å²) in [5, 5.41) is 10.4. The fraction of sp³-hybridized carbons (Fsp3) is 0.440. The van der Waals surface area contributed by atoms with Crippen LogP contribution in [0.25, 0.3) is 27.8 Å². The molecule has 1 aliphatic heterocycles. The van der Waals surface area contributed by atoms with E-state index in [1.807, 2.05) is 42.4 Å². The minimum atomic E-state index is -2.65. The molecule has 0 bridgehead atoms.